The number of hydrogen-bond acceptors (Lipinski definition) is 4. The van der Waals surface area contributed by atoms with Gasteiger partial charge in [-0.1, -0.05) is 7.43 Å². The van der Waals surface area contributed by atoms with Gasteiger partial charge in [-0.3, -0.25) is 4.98 Å². The molecule has 21 heavy (non-hydrogen) atoms. The predicted octanol–water partition coefficient (Wildman–Crippen LogP) is 2.97. The number of nitrogen functional groups attached to an aromatic ring is 1. The van der Waals surface area contributed by atoms with Gasteiger partial charge < -0.3 is 11.1 Å². The van der Waals surface area contributed by atoms with Crippen molar-refractivity contribution in [2.75, 3.05) is 5.73 Å². The fraction of sp³-hybridized carbons (Fsp3) is 0.412. The summed E-state index contributed by atoms with van der Waals surface area (Å²) in [6.45, 7) is 0. The summed E-state index contributed by atoms with van der Waals surface area (Å²) in [5.74, 6) is 1.16. The maximum atomic E-state index is 5.76. The summed E-state index contributed by atoms with van der Waals surface area (Å²) < 4.78 is 0. The van der Waals surface area contributed by atoms with Crippen LogP contribution in [0.15, 0.2) is 36.8 Å². The van der Waals surface area contributed by atoms with Crippen molar-refractivity contribution >= 4 is 5.82 Å². The van der Waals surface area contributed by atoms with Crippen LogP contribution in [0.25, 0.3) is 11.1 Å². The number of fused-ring (bicyclic) bond motifs is 2. The van der Waals surface area contributed by atoms with Gasteiger partial charge >= 0.3 is 0 Å². The second-order valence-electron chi connectivity index (χ2n) is 5.87. The van der Waals surface area contributed by atoms with Gasteiger partial charge in [-0.25, -0.2) is 4.98 Å². The first-order valence-electron chi connectivity index (χ1n) is 7.22. The van der Waals surface area contributed by atoms with Crippen LogP contribution in [-0.4, -0.2) is 22.1 Å². The molecule has 4 heterocycles. The molecule has 2 aromatic heterocycles. The molecule has 4 rings (SSSR count). The SMILES string of the molecule is C.Nc1cc(-c2cncc(C3CC4CCC3N4)c2)ccn1. The number of aromatic nitrogens is 2. The molecule has 3 N–H and O–H groups in total. The van der Waals surface area contributed by atoms with E-state index in [-0.39, 0.29) is 7.43 Å². The molecular formula is C17H22N4. The highest BCUT2D eigenvalue weighted by atomic mass is 15.0. The number of pyridine rings is 2. The average Bonchev–Trinajstić information content (AvgIpc) is 3.10. The van der Waals surface area contributed by atoms with E-state index in [0.717, 1.165) is 11.1 Å². The summed E-state index contributed by atoms with van der Waals surface area (Å²) in [6.07, 6.45) is 9.53. The molecule has 2 bridgehead atoms. The van der Waals surface area contributed by atoms with E-state index in [1.807, 2.05) is 24.5 Å². The molecule has 0 aliphatic carbocycles. The van der Waals surface area contributed by atoms with E-state index in [2.05, 4.69) is 21.4 Å². The number of nitrogens with two attached hydrogens (primary N) is 1. The lowest BCUT2D eigenvalue weighted by molar-refractivity contribution is 0.505. The Labute approximate surface area is 125 Å². The van der Waals surface area contributed by atoms with Crippen molar-refractivity contribution in [3.8, 4) is 11.1 Å². The van der Waals surface area contributed by atoms with Gasteiger partial charge in [0.2, 0.25) is 0 Å². The molecule has 4 nitrogen and oxygen atoms in total. The van der Waals surface area contributed by atoms with Gasteiger partial charge in [0, 0.05) is 42.2 Å². The second-order valence-corrected chi connectivity index (χ2v) is 5.87. The molecule has 0 amide bonds. The summed E-state index contributed by atoms with van der Waals surface area (Å²) in [4.78, 5) is 8.47. The van der Waals surface area contributed by atoms with E-state index in [0.29, 0.717) is 23.8 Å². The first-order valence-corrected chi connectivity index (χ1v) is 7.22. The standard InChI is InChI=1S/C16H18N4.CH4/c17-16-6-10(3-4-19-16)11-5-12(9-18-8-11)14-7-13-1-2-15(14)20-13;/h3-6,8-9,13-15,20H,1-2,7H2,(H2,17,19);1H4. The third kappa shape index (κ3) is 2.51. The van der Waals surface area contributed by atoms with E-state index < -0.39 is 0 Å². The van der Waals surface area contributed by atoms with Crippen molar-refractivity contribution < 1.29 is 0 Å². The highest BCUT2D eigenvalue weighted by Crippen LogP contribution is 2.40. The van der Waals surface area contributed by atoms with Crippen molar-refractivity contribution in [2.45, 2.75) is 44.7 Å². The van der Waals surface area contributed by atoms with Crippen molar-refractivity contribution in [3.63, 3.8) is 0 Å². The maximum absolute atomic E-state index is 5.76. The van der Waals surface area contributed by atoms with Gasteiger partial charge in [0.1, 0.15) is 5.82 Å². The normalized spacial score (nSPS) is 26.6. The largest absolute Gasteiger partial charge is 0.384 e. The van der Waals surface area contributed by atoms with Crippen LogP contribution in [-0.2, 0) is 0 Å². The highest BCUT2D eigenvalue weighted by Gasteiger charge is 2.39. The lowest BCUT2D eigenvalue weighted by Crippen LogP contribution is -2.21. The smallest absolute Gasteiger partial charge is 0.123 e. The van der Waals surface area contributed by atoms with Crippen LogP contribution in [0.4, 0.5) is 5.82 Å². The van der Waals surface area contributed by atoms with Crippen LogP contribution in [0.3, 0.4) is 0 Å². The van der Waals surface area contributed by atoms with Gasteiger partial charge in [0.25, 0.3) is 0 Å². The molecule has 0 aromatic carbocycles. The van der Waals surface area contributed by atoms with E-state index in [1.165, 1.54) is 24.8 Å². The Kier molecular flexibility index (Phi) is 3.64. The first-order chi connectivity index (χ1) is 9.79. The van der Waals surface area contributed by atoms with Crippen molar-refractivity contribution in [3.05, 3.63) is 42.4 Å². The lowest BCUT2D eigenvalue weighted by Gasteiger charge is -2.20. The van der Waals surface area contributed by atoms with Crippen LogP contribution in [0, 0.1) is 0 Å². The van der Waals surface area contributed by atoms with Crippen LogP contribution < -0.4 is 11.1 Å². The molecular weight excluding hydrogens is 260 g/mol. The van der Waals surface area contributed by atoms with Gasteiger partial charge in [-0.15, -0.1) is 0 Å². The number of hydrogen-bond donors (Lipinski definition) is 2. The summed E-state index contributed by atoms with van der Waals surface area (Å²) in [7, 11) is 0. The van der Waals surface area contributed by atoms with Crippen LogP contribution >= 0.6 is 0 Å². The maximum Gasteiger partial charge on any atom is 0.123 e. The molecule has 2 aromatic rings. The Hall–Kier alpha value is -1.94. The third-order valence-electron chi connectivity index (χ3n) is 4.60. The lowest BCUT2D eigenvalue weighted by atomic mass is 9.84. The van der Waals surface area contributed by atoms with E-state index in [9.17, 15) is 0 Å². The monoisotopic (exact) mass is 282 g/mol. The summed E-state index contributed by atoms with van der Waals surface area (Å²) in [6, 6.07) is 7.50. The van der Waals surface area contributed by atoms with Crippen molar-refractivity contribution in [1.82, 2.24) is 15.3 Å². The molecule has 2 aliphatic rings. The second kappa shape index (κ2) is 5.45. The zero-order chi connectivity index (χ0) is 13.5. The van der Waals surface area contributed by atoms with E-state index >= 15 is 0 Å². The molecule has 2 saturated heterocycles. The number of nitrogens with one attached hydrogen (secondary N) is 1. The number of rotatable bonds is 2. The van der Waals surface area contributed by atoms with Crippen LogP contribution in [0.1, 0.15) is 38.2 Å². The van der Waals surface area contributed by atoms with Crippen LogP contribution in [0.5, 0.6) is 0 Å². The zero-order valence-corrected chi connectivity index (χ0v) is 11.3. The van der Waals surface area contributed by atoms with Gasteiger partial charge in [-0.05, 0) is 48.6 Å². The van der Waals surface area contributed by atoms with E-state index in [4.69, 9.17) is 5.73 Å². The highest BCUT2D eigenvalue weighted by molar-refractivity contribution is 5.65. The van der Waals surface area contributed by atoms with Gasteiger partial charge in [0.05, 0.1) is 0 Å². The molecule has 0 saturated carbocycles. The van der Waals surface area contributed by atoms with Crippen molar-refractivity contribution in [1.29, 1.82) is 0 Å². The summed E-state index contributed by atoms with van der Waals surface area (Å²) in [5, 5.41) is 3.69. The Morgan fingerprint density at radius 2 is 2.05 bits per heavy atom. The fourth-order valence-electron chi connectivity index (χ4n) is 3.64. The Balaban J connectivity index is 0.00000132. The Bertz CT molecular complexity index is 640. The molecule has 3 atom stereocenters. The minimum atomic E-state index is 0. The number of nitrogens with zero attached hydrogens (tertiary/aromatic N) is 2. The third-order valence-corrected chi connectivity index (χ3v) is 4.60. The topological polar surface area (TPSA) is 63.8 Å². The molecule has 3 unspecified atom stereocenters. The van der Waals surface area contributed by atoms with Crippen LogP contribution in [0.2, 0.25) is 0 Å². The summed E-state index contributed by atoms with van der Waals surface area (Å²) >= 11 is 0. The molecule has 110 valence electrons. The van der Waals surface area contributed by atoms with Crippen molar-refractivity contribution in [2.24, 2.45) is 0 Å². The minimum absolute atomic E-state index is 0. The fourth-order valence-corrected chi connectivity index (χ4v) is 3.64. The van der Waals surface area contributed by atoms with Gasteiger partial charge in [-0.2, -0.15) is 0 Å². The molecule has 2 aliphatic heterocycles. The van der Waals surface area contributed by atoms with Gasteiger partial charge in [0.15, 0.2) is 0 Å². The zero-order valence-electron chi connectivity index (χ0n) is 11.3. The number of anilines is 1. The molecule has 0 radical (unpaired) electrons. The first kappa shape index (κ1) is 14.0. The molecule has 4 heteroatoms. The Morgan fingerprint density at radius 1 is 1.14 bits per heavy atom. The summed E-state index contributed by atoms with van der Waals surface area (Å²) in [5.41, 5.74) is 9.32. The average molecular weight is 282 g/mol. The molecule has 2 fully saturated rings. The Morgan fingerprint density at radius 3 is 2.76 bits per heavy atom. The quantitative estimate of drug-likeness (QED) is 0.889. The predicted molar refractivity (Wildman–Crippen MR) is 85.9 cm³/mol. The van der Waals surface area contributed by atoms with E-state index in [1.54, 1.807) is 6.20 Å². The minimum Gasteiger partial charge on any atom is -0.384 e. The molecule has 0 spiro atoms.